The Morgan fingerprint density at radius 3 is 2.17 bits per heavy atom. The molecule has 2 aliphatic heterocycles. The molecule has 0 amide bonds. The van der Waals surface area contributed by atoms with Gasteiger partial charge in [-0.2, -0.15) is 0 Å². The standard InChI is InChI=1S/C21H35B3O6/c1-14(2)22-27-16-11-10-15(12-17(16)28-22)19(5,6)24-29-20(7,8)21(9,30-24)13-18(3,4)23(25)26/h10-12,14,25-26H,13H2,1-9H3. The van der Waals surface area contributed by atoms with E-state index in [-0.39, 0.29) is 12.9 Å². The number of hydrogen-bond acceptors (Lipinski definition) is 6. The van der Waals surface area contributed by atoms with Crippen molar-refractivity contribution >= 4 is 21.4 Å². The molecule has 6 nitrogen and oxygen atoms in total. The van der Waals surface area contributed by atoms with Crippen LogP contribution >= 0.6 is 0 Å². The third kappa shape index (κ3) is 4.02. The molecule has 1 unspecified atom stereocenters. The molecule has 0 spiro atoms. The van der Waals surface area contributed by atoms with Gasteiger partial charge in [0, 0.05) is 16.4 Å². The summed E-state index contributed by atoms with van der Waals surface area (Å²) in [6.07, 6.45) is 0.439. The van der Waals surface area contributed by atoms with Crippen LogP contribution in [-0.4, -0.2) is 42.6 Å². The van der Waals surface area contributed by atoms with Crippen molar-refractivity contribution < 1.29 is 28.7 Å². The van der Waals surface area contributed by atoms with Gasteiger partial charge in [-0.25, -0.2) is 0 Å². The summed E-state index contributed by atoms with van der Waals surface area (Å²) in [5.74, 6) is 1.75. The molecule has 1 aromatic carbocycles. The summed E-state index contributed by atoms with van der Waals surface area (Å²) in [6, 6.07) is 5.98. The third-order valence-electron chi connectivity index (χ3n) is 6.84. The van der Waals surface area contributed by atoms with Crippen molar-refractivity contribution in [3.63, 3.8) is 0 Å². The third-order valence-corrected chi connectivity index (χ3v) is 6.84. The van der Waals surface area contributed by atoms with E-state index in [0.29, 0.717) is 6.42 Å². The van der Waals surface area contributed by atoms with Crippen molar-refractivity contribution in [2.45, 2.75) is 96.4 Å². The van der Waals surface area contributed by atoms with E-state index < -0.39 is 36.1 Å². The predicted octanol–water partition coefficient (Wildman–Crippen LogP) is 3.89. The first-order chi connectivity index (χ1) is 13.6. The quantitative estimate of drug-likeness (QED) is 0.686. The summed E-state index contributed by atoms with van der Waals surface area (Å²) >= 11 is 0. The molecular weight excluding hydrogens is 381 g/mol. The lowest BCUT2D eigenvalue weighted by Crippen LogP contribution is -2.49. The lowest BCUT2D eigenvalue weighted by atomic mass is 9.54. The normalized spacial score (nSPS) is 23.5. The average Bonchev–Trinajstić information content (AvgIpc) is 3.13. The molecule has 2 N–H and O–H groups in total. The van der Waals surface area contributed by atoms with E-state index in [1.807, 2.05) is 52.8 Å². The predicted molar refractivity (Wildman–Crippen MR) is 121 cm³/mol. The van der Waals surface area contributed by atoms with Crippen LogP contribution in [0, 0.1) is 0 Å². The first-order valence-electron chi connectivity index (χ1n) is 10.8. The van der Waals surface area contributed by atoms with Gasteiger partial charge in [-0.1, -0.05) is 47.6 Å². The maximum Gasteiger partial charge on any atom is 0.597 e. The van der Waals surface area contributed by atoms with Gasteiger partial charge in [0.25, 0.3) is 0 Å². The van der Waals surface area contributed by atoms with Crippen LogP contribution in [0.1, 0.15) is 74.3 Å². The molecule has 0 bridgehead atoms. The molecule has 2 aliphatic rings. The minimum absolute atomic E-state index is 0.252. The highest BCUT2D eigenvalue weighted by molar-refractivity contribution is 6.50. The Hall–Kier alpha value is -1.15. The van der Waals surface area contributed by atoms with Crippen LogP contribution in [0.2, 0.25) is 11.1 Å². The number of rotatable bonds is 6. The fourth-order valence-electron chi connectivity index (χ4n) is 4.09. The van der Waals surface area contributed by atoms with Crippen molar-refractivity contribution in [1.29, 1.82) is 0 Å². The zero-order chi connectivity index (χ0) is 22.7. The Balaban J connectivity index is 1.85. The summed E-state index contributed by atoms with van der Waals surface area (Å²) in [5.41, 5.74) is -0.276. The van der Waals surface area contributed by atoms with E-state index in [1.54, 1.807) is 0 Å². The molecule has 0 saturated carbocycles. The molecular formula is C21H35B3O6. The van der Waals surface area contributed by atoms with Gasteiger partial charge < -0.3 is 28.7 Å². The van der Waals surface area contributed by atoms with Crippen molar-refractivity contribution in [3.05, 3.63) is 23.8 Å². The molecule has 0 radical (unpaired) electrons. The smallest absolute Gasteiger partial charge is 0.523 e. The zero-order valence-corrected chi connectivity index (χ0v) is 19.8. The summed E-state index contributed by atoms with van der Waals surface area (Å²) < 4.78 is 24.8. The highest BCUT2D eigenvalue weighted by atomic mass is 16.7. The van der Waals surface area contributed by atoms with E-state index in [1.165, 1.54) is 0 Å². The van der Waals surface area contributed by atoms with Crippen molar-refractivity contribution in [1.82, 2.24) is 0 Å². The van der Waals surface area contributed by atoms with E-state index in [0.717, 1.165) is 17.1 Å². The summed E-state index contributed by atoms with van der Waals surface area (Å²) in [7, 11) is -2.22. The average molecular weight is 416 g/mol. The molecule has 0 aliphatic carbocycles. The van der Waals surface area contributed by atoms with Gasteiger partial charge in [0.15, 0.2) is 0 Å². The Bertz CT molecular complexity index is 795. The molecule has 1 atom stereocenters. The number of hydrogen-bond donors (Lipinski definition) is 2. The van der Waals surface area contributed by atoms with Crippen LogP contribution < -0.4 is 9.31 Å². The highest BCUT2D eigenvalue weighted by Gasteiger charge is 2.61. The number of fused-ring (bicyclic) bond motifs is 1. The zero-order valence-electron chi connectivity index (χ0n) is 19.8. The lowest BCUT2D eigenvalue weighted by Gasteiger charge is -2.41. The van der Waals surface area contributed by atoms with E-state index in [4.69, 9.17) is 18.6 Å². The van der Waals surface area contributed by atoms with Gasteiger partial charge in [-0.05, 0) is 44.9 Å². The number of benzene rings is 1. The van der Waals surface area contributed by atoms with Crippen molar-refractivity contribution in [2.24, 2.45) is 0 Å². The van der Waals surface area contributed by atoms with Crippen molar-refractivity contribution in [3.8, 4) is 11.5 Å². The second-order valence-electron chi connectivity index (χ2n) is 11.1. The van der Waals surface area contributed by atoms with Crippen LogP contribution in [0.4, 0.5) is 0 Å². The maximum atomic E-state index is 9.81. The van der Waals surface area contributed by atoms with Gasteiger partial charge in [-0.15, -0.1) is 0 Å². The Morgan fingerprint density at radius 2 is 1.60 bits per heavy atom. The maximum absolute atomic E-state index is 9.81. The lowest BCUT2D eigenvalue weighted by molar-refractivity contribution is -0.0247. The van der Waals surface area contributed by atoms with Crippen molar-refractivity contribution in [2.75, 3.05) is 0 Å². The molecule has 9 heteroatoms. The van der Waals surface area contributed by atoms with Gasteiger partial charge in [0.2, 0.25) is 0 Å². The molecule has 164 valence electrons. The molecule has 2 heterocycles. The van der Waals surface area contributed by atoms with Crippen LogP contribution in [0.25, 0.3) is 0 Å². The van der Waals surface area contributed by atoms with Crippen LogP contribution in [0.3, 0.4) is 0 Å². The second-order valence-corrected chi connectivity index (χ2v) is 11.1. The van der Waals surface area contributed by atoms with Crippen LogP contribution in [0.15, 0.2) is 18.2 Å². The van der Waals surface area contributed by atoms with E-state index in [9.17, 15) is 10.0 Å². The Labute approximate surface area is 182 Å². The first-order valence-corrected chi connectivity index (χ1v) is 10.8. The summed E-state index contributed by atoms with van der Waals surface area (Å²) in [5, 5.41) is 18.4. The highest BCUT2D eigenvalue weighted by Crippen LogP contribution is 2.51. The Kier molecular flexibility index (Phi) is 5.86. The summed E-state index contributed by atoms with van der Waals surface area (Å²) in [6.45, 7) is 17.9. The molecule has 1 fully saturated rings. The van der Waals surface area contributed by atoms with E-state index in [2.05, 4.69) is 27.7 Å². The fourth-order valence-corrected chi connectivity index (χ4v) is 4.09. The van der Waals surface area contributed by atoms with Crippen LogP contribution in [-0.2, 0) is 14.6 Å². The summed E-state index contributed by atoms with van der Waals surface area (Å²) in [4.78, 5) is 0. The van der Waals surface area contributed by atoms with Gasteiger partial charge in [0.05, 0.1) is 11.2 Å². The van der Waals surface area contributed by atoms with E-state index >= 15 is 0 Å². The molecule has 1 saturated heterocycles. The monoisotopic (exact) mass is 416 g/mol. The SMILES string of the molecule is CC(C)B1Oc2ccc(C(C)(C)B3OC(C)(C)C(C)(CC(C)(C)B(O)O)O3)cc2O1. The minimum Gasteiger partial charge on any atom is -0.523 e. The van der Waals surface area contributed by atoms with Crippen LogP contribution in [0.5, 0.6) is 11.5 Å². The molecule has 0 aromatic heterocycles. The minimum atomic E-state index is -1.44. The largest absolute Gasteiger partial charge is 0.597 e. The van der Waals surface area contributed by atoms with Gasteiger partial charge >= 0.3 is 21.4 Å². The first kappa shape index (κ1) is 23.5. The second kappa shape index (κ2) is 7.47. The fraction of sp³-hybridized carbons (Fsp3) is 0.714. The molecule has 3 rings (SSSR count). The molecule has 30 heavy (non-hydrogen) atoms. The Morgan fingerprint density at radius 1 is 1.00 bits per heavy atom. The van der Waals surface area contributed by atoms with Gasteiger partial charge in [0.1, 0.15) is 11.5 Å². The topological polar surface area (TPSA) is 77.4 Å². The van der Waals surface area contributed by atoms with Gasteiger partial charge in [-0.3, -0.25) is 0 Å². The molecule has 1 aromatic rings.